The van der Waals surface area contributed by atoms with E-state index >= 15 is 0 Å². The molecule has 0 aliphatic carbocycles. The second kappa shape index (κ2) is 4.28. The number of aromatic nitrogens is 2. The van der Waals surface area contributed by atoms with Gasteiger partial charge in [-0.1, -0.05) is 18.2 Å². The van der Waals surface area contributed by atoms with Crippen LogP contribution in [-0.2, 0) is 11.8 Å². The van der Waals surface area contributed by atoms with E-state index in [0.717, 1.165) is 4.68 Å². The first-order valence-corrected chi connectivity index (χ1v) is 4.49. The minimum atomic E-state index is -0.356. The predicted octanol–water partition coefficient (Wildman–Crippen LogP) is 1.44. The zero-order valence-corrected chi connectivity index (χ0v) is 8.84. The number of aryl methyl sites for hydroxylation is 1. The van der Waals surface area contributed by atoms with Gasteiger partial charge >= 0.3 is 0 Å². The Balaban J connectivity index is 3.18. The number of nitrogens with zero attached hydrogens (tertiary/aromatic N) is 2. The highest BCUT2D eigenvalue weighted by Gasteiger charge is 2.10. The summed E-state index contributed by atoms with van der Waals surface area (Å²) in [5.41, 5.74) is 0.0848. The van der Waals surface area contributed by atoms with Gasteiger partial charge < -0.3 is 4.74 Å². The molecular weight excluding hydrogens is 204 g/mol. The van der Waals surface area contributed by atoms with Crippen LogP contribution >= 0.6 is 11.6 Å². The minimum absolute atomic E-state index is 0.0842. The molecule has 0 radical (unpaired) electrons. The Morgan fingerprint density at radius 3 is 3.00 bits per heavy atom. The monoisotopic (exact) mass is 214 g/mol. The summed E-state index contributed by atoms with van der Waals surface area (Å²) in [6.07, 6.45) is 1.46. The van der Waals surface area contributed by atoms with E-state index in [9.17, 15) is 4.79 Å². The lowest BCUT2D eigenvalue weighted by molar-refractivity contribution is 0.299. The largest absolute Gasteiger partial charge is 0.494 e. The first-order valence-electron chi connectivity index (χ1n) is 4.11. The van der Waals surface area contributed by atoms with Gasteiger partial charge in [0.1, 0.15) is 10.8 Å². The zero-order valence-electron chi connectivity index (χ0n) is 8.08. The molecular formula is C9H11ClN2O2. The maximum atomic E-state index is 11.4. The summed E-state index contributed by atoms with van der Waals surface area (Å²) in [5.74, 6) is 0.364. The van der Waals surface area contributed by atoms with Gasteiger partial charge in [0.05, 0.1) is 18.4 Å². The molecule has 0 fully saturated rings. The van der Waals surface area contributed by atoms with Gasteiger partial charge in [-0.3, -0.25) is 4.79 Å². The number of hydrogen-bond acceptors (Lipinski definition) is 3. The van der Waals surface area contributed by atoms with Gasteiger partial charge in [-0.05, 0) is 6.92 Å². The summed E-state index contributed by atoms with van der Waals surface area (Å²) in [4.78, 5) is 11.4. The molecule has 0 N–H and O–H groups in total. The molecule has 14 heavy (non-hydrogen) atoms. The van der Waals surface area contributed by atoms with Gasteiger partial charge in [0, 0.05) is 7.05 Å². The number of ether oxygens (including phenoxy) is 1. The molecule has 0 atom stereocenters. The van der Waals surface area contributed by atoms with Crippen molar-refractivity contribution in [2.45, 2.75) is 6.92 Å². The highest BCUT2D eigenvalue weighted by molar-refractivity contribution is 6.32. The number of rotatable bonds is 3. The molecule has 0 saturated heterocycles. The molecule has 0 spiro atoms. The fourth-order valence-electron chi connectivity index (χ4n) is 0.957. The Hall–Kier alpha value is -1.29. The topological polar surface area (TPSA) is 44.1 Å². The Labute approximate surface area is 86.8 Å². The summed E-state index contributed by atoms with van der Waals surface area (Å²) in [6, 6.07) is 0. The van der Waals surface area contributed by atoms with Gasteiger partial charge in [0.2, 0.25) is 0 Å². The summed E-state index contributed by atoms with van der Waals surface area (Å²) >= 11 is 5.81. The Morgan fingerprint density at radius 1 is 1.79 bits per heavy atom. The second-order valence-corrected chi connectivity index (χ2v) is 3.04. The van der Waals surface area contributed by atoms with E-state index in [2.05, 4.69) is 11.7 Å². The van der Waals surface area contributed by atoms with Crippen LogP contribution in [-0.4, -0.2) is 16.4 Å². The van der Waals surface area contributed by atoms with E-state index in [1.165, 1.54) is 13.2 Å². The van der Waals surface area contributed by atoms with Crippen molar-refractivity contribution < 1.29 is 4.74 Å². The molecule has 0 aliphatic heterocycles. The Bertz CT molecular complexity index is 412. The van der Waals surface area contributed by atoms with E-state index in [0.29, 0.717) is 17.9 Å². The Kier molecular flexibility index (Phi) is 3.30. The van der Waals surface area contributed by atoms with Crippen LogP contribution in [0.3, 0.4) is 0 Å². The van der Waals surface area contributed by atoms with Crippen LogP contribution in [0.15, 0.2) is 17.6 Å². The standard InChI is InChI=1S/C9H11ClN2O2/c1-4-14-6(2)7-5-11-12(3)9(13)8(7)10/h5H,2,4H2,1,3H3. The van der Waals surface area contributed by atoms with Crippen molar-refractivity contribution in [3.63, 3.8) is 0 Å². The van der Waals surface area contributed by atoms with Crippen LogP contribution in [0.1, 0.15) is 12.5 Å². The smallest absolute Gasteiger partial charge is 0.285 e. The maximum absolute atomic E-state index is 11.4. The SMILES string of the molecule is C=C(OCC)c1cnn(C)c(=O)c1Cl. The molecule has 0 saturated carbocycles. The second-order valence-electron chi connectivity index (χ2n) is 2.66. The molecule has 0 aliphatic rings. The third-order valence-electron chi connectivity index (χ3n) is 1.70. The van der Waals surface area contributed by atoms with Crippen LogP contribution < -0.4 is 5.56 Å². The van der Waals surface area contributed by atoms with Crippen LogP contribution in [0.5, 0.6) is 0 Å². The first-order chi connectivity index (χ1) is 6.57. The molecule has 4 nitrogen and oxygen atoms in total. The number of halogens is 1. The number of hydrogen-bond donors (Lipinski definition) is 0. The van der Waals surface area contributed by atoms with Gasteiger partial charge in [0.25, 0.3) is 5.56 Å². The van der Waals surface area contributed by atoms with Crippen molar-refractivity contribution in [3.05, 3.63) is 33.7 Å². The normalized spacial score (nSPS) is 9.93. The van der Waals surface area contributed by atoms with Crippen molar-refractivity contribution in [2.24, 2.45) is 7.05 Å². The van der Waals surface area contributed by atoms with Gasteiger partial charge in [-0.15, -0.1) is 0 Å². The van der Waals surface area contributed by atoms with Crippen LogP contribution in [0.4, 0.5) is 0 Å². The van der Waals surface area contributed by atoms with Crippen molar-refractivity contribution >= 4 is 17.4 Å². The van der Waals surface area contributed by atoms with Crippen molar-refractivity contribution in [3.8, 4) is 0 Å². The predicted molar refractivity (Wildman–Crippen MR) is 55.1 cm³/mol. The Morgan fingerprint density at radius 2 is 2.43 bits per heavy atom. The molecule has 1 heterocycles. The molecule has 5 heteroatoms. The van der Waals surface area contributed by atoms with E-state index in [-0.39, 0.29) is 10.6 Å². The lowest BCUT2D eigenvalue weighted by Crippen LogP contribution is -2.21. The average molecular weight is 215 g/mol. The van der Waals surface area contributed by atoms with Gasteiger partial charge in [-0.25, -0.2) is 4.68 Å². The molecule has 1 aromatic heterocycles. The first kappa shape index (κ1) is 10.8. The summed E-state index contributed by atoms with van der Waals surface area (Å²) in [5, 5.41) is 3.91. The van der Waals surface area contributed by atoms with Crippen molar-refractivity contribution in [1.29, 1.82) is 0 Å². The van der Waals surface area contributed by atoms with Crippen LogP contribution in [0.2, 0.25) is 5.02 Å². The summed E-state index contributed by atoms with van der Waals surface area (Å²) in [7, 11) is 1.53. The van der Waals surface area contributed by atoms with Gasteiger partial charge in [0.15, 0.2) is 0 Å². The fourth-order valence-corrected chi connectivity index (χ4v) is 1.23. The minimum Gasteiger partial charge on any atom is -0.494 e. The van der Waals surface area contributed by atoms with E-state index in [1.807, 2.05) is 6.92 Å². The highest BCUT2D eigenvalue weighted by atomic mass is 35.5. The van der Waals surface area contributed by atoms with Crippen LogP contribution in [0, 0.1) is 0 Å². The fraction of sp³-hybridized carbons (Fsp3) is 0.333. The quantitative estimate of drug-likeness (QED) is 0.716. The average Bonchev–Trinajstić information content (AvgIpc) is 2.15. The van der Waals surface area contributed by atoms with Crippen molar-refractivity contribution in [2.75, 3.05) is 6.61 Å². The maximum Gasteiger partial charge on any atom is 0.285 e. The van der Waals surface area contributed by atoms with Crippen LogP contribution in [0.25, 0.3) is 5.76 Å². The van der Waals surface area contributed by atoms with E-state index in [4.69, 9.17) is 16.3 Å². The third kappa shape index (κ3) is 1.96. The van der Waals surface area contributed by atoms with E-state index < -0.39 is 0 Å². The third-order valence-corrected chi connectivity index (χ3v) is 2.06. The molecule has 76 valence electrons. The molecule has 0 aromatic carbocycles. The molecule has 1 rings (SSSR count). The summed E-state index contributed by atoms with van der Waals surface area (Å²) in [6.45, 7) is 5.95. The van der Waals surface area contributed by atoms with E-state index in [1.54, 1.807) is 0 Å². The van der Waals surface area contributed by atoms with Crippen molar-refractivity contribution in [1.82, 2.24) is 9.78 Å². The molecule has 1 aromatic rings. The molecule has 0 amide bonds. The summed E-state index contributed by atoms with van der Waals surface area (Å²) < 4.78 is 6.29. The lowest BCUT2D eigenvalue weighted by Gasteiger charge is -2.08. The van der Waals surface area contributed by atoms with Gasteiger partial charge in [-0.2, -0.15) is 5.10 Å². The zero-order chi connectivity index (χ0) is 10.7. The lowest BCUT2D eigenvalue weighted by atomic mass is 10.3. The molecule has 0 unspecified atom stereocenters. The highest BCUT2D eigenvalue weighted by Crippen LogP contribution is 2.18. The molecule has 0 bridgehead atoms.